The molecular weight excluding hydrogens is 258 g/mol. The summed E-state index contributed by atoms with van der Waals surface area (Å²) >= 11 is 1.76. The molecule has 5 heteroatoms. The highest BCUT2D eigenvalue weighted by Crippen LogP contribution is 2.25. The maximum Gasteiger partial charge on any atom is 0.138 e. The van der Waals surface area contributed by atoms with E-state index < -0.39 is 0 Å². The summed E-state index contributed by atoms with van der Waals surface area (Å²) < 4.78 is 5.25. The van der Waals surface area contributed by atoms with Crippen LogP contribution in [0.1, 0.15) is 52.0 Å². The molecular formula is C14H21N3OS. The van der Waals surface area contributed by atoms with Gasteiger partial charge in [0.2, 0.25) is 0 Å². The topological polar surface area (TPSA) is 51.0 Å². The largest absolute Gasteiger partial charge is 0.361 e. The molecule has 104 valence electrons. The van der Waals surface area contributed by atoms with Gasteiger partial charge in [0.25, 0.3) is 0 Å². The fourth-order valence-electron chi connectivity index (χ4n) is 2.26. The summed E-state index contributed by atoms with van der Waals surface area (Å²) in [5.41, 5.74) is 3.29. The third-order valence-corrected chi connectivity index (χ3v) is 4.49. The predicted molar refractivity (Wildman–Crippen MR) is 77.4 cm³/mol. The number of nitrogens with zero attached hydrogens (tertiary/aromatic N) is 2. The quantitative estimate of drug-likeness (QED) is 0.908. The smallest absolute Gasteiger partial charge is 0.138 e. The molecule has 0 spiro atoms. The highest BCUT2D eigenvalue weighted by atomic mass is 32.1. The van der Waals surface area contributed by atoms with E-state index in [9.17, 15) is 0 Å². The van der Waals surface area contributed by atoms with Crippen molar-refractivity contribution in [1.29, 1.82) is 0 Å². The molecule has 0 aromatic carbocycles. The molecule has 1 unspecified atom stereocenters. The Balaban J connectivity index is 2.08. The van der Waals surface area contributed by atoms with Crippen molar-refractivity contribution in [3.63, 3.8) is 0 Å². The Bertz CT molecular complexity index is 520. The number of thiazole rings is 1. The van der Waals surface area contributed by atoms with Crippen LogP contribution in [0.5, 0.6) is 0 Å². The fraction of sp³-hybridized carbons (Fsp3) is 0.571. The Morgan fingerprint density at radius 3 is 2.42 bits per heavy atom. The molecule has 0 saturated carbocycles. The minimum atomic E-state index is 0.274. The lowest BCUT2D eigenvalue weighted by Crippen LogP contribution is -2.21. The molecule has 1 atom stereocenters. The van der Waals surface area contributed by atoms with Crippen LogP contribution in [0.15, 0.2) is 4.52 Å². The Labute approximate surface area is 118 Å². The van der Waals surface area contributed by atoms with E-state index in [-0.39, 0.29) is 6.04 Å². The van der Waals surface area contributed by atoms with E-state index in [1.165, 1.54) is 10.4 Å². The summed E-state index contributed by atoms with van der Waals surface area (Å²) in [4.78, 5) is 5.85. The zero-order valence-corrected chi connectivity index (χ0v) is 13.0. The van der Waals surface area contributed by atoms with E-state index in [4.69, 9.17) is 4.52 Å². The van der Waals surface area contributed by atoms with Gasteiger partial charge in [-0.3, -0.25) is 0 Å². The Kier molecular flexibility index (Phi) is 4.37. The van der Waals surface area contributed by atoms with Crippen LogP contribution in [0, 0.1) is 27.7 Å². The van der Waals surface area contributed by atoms with Gasteiger partial charge in [0.15, 0.2) is 0 Å². The van der Waals surface area contributed by atoms with Gasteiger partial charge in [-0.2, -0.15) is 0 Å². The van der Waals surface area contributed by atoms with Crippen LogP contribution in [0.2, 0.25) is 0 Å². The molecule has 0 aliphatic rings. The fourth-order valence-corrected chi connectivity index (χ4v) is 3.15. The molecule has 0 fully saturated rings. The first-order valence-corrected chi connectivity index (χ1v) is 7.43. The van der Waals surface area contributed by atoms with Crippen molar-refractivity contribution in [2.24, 2.45) is 0 Å². The Morgan fingerprint density at radius 2 is 1.95 bits per heavy atom. The molecule has 0 radical (unpaired) electrons. The van der Waals surface area contributed by atoms with Gasteiger partial charge in [-0.1, -0.05) is 12.1 Å². The molecule has 0 aliphatic carbocycles. The first-order chi connectivity index (χ1) is 9.02. The van der Waals surface area contributed by atoms with Crippen molar-refractivity contribution in [2.45, 2.75) is 53.6 Å². The molecule has 4 nitrogen and oxygen atoms in total. The van der Waals surface area contributed by atoms with Gasteiger partial charge in [0.1, 0.15) is 10.8 Å². The first kappa shape index (κ1) is 14.2. The number of aromatic nitrogens is 2. The van der Waals surface area contributed by atoms with Crippen molar-refractivity contribution >= 4 is 11.3 Å². The SMILES string of the molecule is CCC(NCc1nc(C)c(C)s1)c1c(C)noc1C. The van der Waals surface area contributed by atoms with E-state index in [1.807, 2.05) is 13.8 Å². The minimum absolute atomic E-state index is 0.274. The van der Waals surface area contributed by atoms with Crippen LogP contribution in [0.3, 0.4) is 0 Å². The first-order valence-electron chi connectivity index (χ1n) is 6.62. The van der Waals surface area contributed by atoms with Gasteiger partial charge in [0.05, 0.1) is 11.4 Å². The van der Waals surface area contributed by atoms with Crippen LogP contribution in [-0.2, 0) is 6.54 Å². The van der Waals surface area contributed by atoms with Crippen LogP contribution in [0.25, 0.3) is 0 Å². The number of rotatable bonds is 5. The van der Waals surface area contributed by atoms with E-state index >= 15 is 0 Å². The van der Waals surface area contributed by atoms with Crippen LogP contribution in [-0.4, -0.2) is 10.1 Å². The van der Waals surface area contributed by atoms with E-state index in [0.29, 0.717) is 0 Å². The average Bonchev–Trinajstić information content (AvgIpc) is 2.86. The van der Waals surface area contributed by atoms with Gasteiger partial charge < -0.3 is 9.84 Å². The third kappa shape index (κ3) is 3.04. The summed E-state index contributed by atoms with van der Waals surface area (Å²) in [6.45, 7) is 11.1. The van der Waals surface area contributed by atoms with Crippen LogP contribution < -0.4 is 5.32 Å². The molecule has 0 aliphatic heterocycles. The summed E-state index contributed by atoms with van der Waals surface area (Å²) in [7, 11) is 0. The van der Waals surface area contributed by atoms with Crippen molar-refractivity contribution in [1.82, 2.24) is 15.5 Å². The zero-order valence-electron chi connectivity index (χ0n) is 12.2. The van der Waals surface area contributed by atoms with Crippen molar-refractivity contribution in [3.05, 3.63) is 32.6 Å². The maximum absolute atomic E-state index is 5.25. The van der Waals surface area contributed by atoms with Crippen molar-refractivity contribution in [2.75, 3.05) is 0 Å². The van der Waals surface area contributed by atoms with E-state index in [0.717, 1.165) is 35.1 Å². The monoisotopic (exact) mass is 279 g/mol. The molecule has 2 aromatic heterocycles. The molecule has 2 heterocycles. The Morgan fingerprint density at radius 1 is 1.21 bits per heavy atom. The van der Waals surface area contributed by atoms with Gasteiger partial charge >= 0.3 is 0 Å². The molecule has 2 rings (SSSR count). The summed E-state index contributed by atoms with van der Waals surface area (Å²) in [6.07, 6.45) is 1.01. The van der Waals surface area contributed by atoms with Gasteiger partial charge in [-0.25, -0.2) is 4.98 Å². The van der Waals surface area contributed by atoms with Crippen molar-refractivity contribution in [3.8, 4) is 0 Å². The van der Waals surface area contributed by atoms with Gasteiger partial charge in [0, 0.05) is 23.0 Å². The van der Waals surface area contributed by atoms with Gasteiger partial charge in [-0.05, 0) is 34.1 Å². The summed E-state index contributed by atoms with van der Waals surface area (Å²) in [5, 5.41) is 8.73. The maximum atomic E-state index is 5.25. The highest BCUT2D eigenvalue weighted by Gasteiger charge is 2.18. The minimum Gasteiger partial charge on any atom is -0.361 e. The zero-order chi connectivity index (χ0) is 14.0. The average molecular weight is 279 g/mol. The molecule has 0 saturated heterocycles. The summed E-state index contributed by atoms with van der Waals surface area (Å²) in [6, 6.07) is 0.274. The number of hydrogen-bond acceptors (Lipinski definition) is 5. The second-order valence-corrected chi connectivity index (χ2v) is 6.12. The molecule has 0 amide bonds. The molecule has 0 bridgehead atoms. The second kappa shape index (κ2) is 5.84. The van der Waals surface area contributed by atoms with Crippen LogP contribution >= 0.6 is 11.3 Å². The number of hydrogen-bond donors (Lipinski definition) is 1. The lowest BCUT2D eigenvalue weighted by Gasteiger charge is -2.15. The summed E-state index contributed by atoms with van der Waals surface area (Å²) in [5.74, 6) is 0.906. The number of aryl methyl sites for hydroxylation is 4. The molecule has 1 N–H and O–H groups in total. The van der Waals surface area contributed by atoms with Crippen LogP contribution in [0.4, 0.5) is 0 Å². The predicted octanol–water partition coefficient (Wildman–Crippen LogP) is 3.61. The van der Waals surface area contributed by atoms with E-state index in [1.54, 1.807) is 11.3 Å². The lowest BCUT2D eigenvalue weighted by molar-refractivity contribution is 0.389. The third-order valence-electron chi connectivity index (χ3n) is 3.42. The standard InChI is InChI=1S/C14H21N3OS/c1-6-12(14-9(3)17-18-10(14)4)15-7-13-16-8(2)11(5)19-13/h12,15H,6-7H2,1-5H3. The highest BCUT2D eigenvalue weighted by molar-refractivity contribution is 7.11. The number of nitrogens with one attached hydrogen (secondary N) is 1. The molecule has 2 aromatic rings. The van der Waals surface area contributed by atoms with Crippen molar-refractivity contribution < 1.29 is 4.52 Å². The lowest BCUT2D eigenvalue weighted by atomic mass is 10.0. The normalized spacial score (nSPS) is 12.9. The Hall–Kier alpha value is -1.20. The van der Waals surface area contributed by atoms with Gasteiger partial charge in [-0.15, -0.1) is 11.3 Å². The second-order valence-electron chi connectivity index (χ2n) is 4.83. The van der Waals surface area contributed by atoms with E-state index in [2.05, 4.69) is 36.2 Å². The molecule has 19 heavy (non-hydrogen) atoms.